The van der Waals surface area contributed by atoms with Gasteiger partial charge in [-0.25, -0.2) is 4.98 Å². The van der Waals surface area contributed by atoms with Crippen molar-refractivity contribution < 1.29 is 4.74 Å². The molecule has 2 heterocycles. The van der Waals surface area contributed by atoms with Gasteiger partial charge in [-0.2, -0.15) is 0 Å². The highest BCUT2D eigenvalue weighted by molar-refractivity contribution is 14.1. The molecule has 4 heteroatoms. The first-order valence-corrected chi connectivity index (χ1v) is 6.80. The molecule has 1 aliphatic rings. The number of nitrogens with one attached hydrogen (secondary N) is 1. The van der Waals surface area contributed by atoms with Gasteiger partial charge in [0, 0.05) is 25.5 Å². The maximum atomic E-state index is 5.38. The summed E-state index contributed by atoms with van der Waals surface area (Å²) in [6.45, 7) is 4.03. The van der Waals surface area contributed by atoms with Gasteiger partial charge in [0.2, 0.25) is 0 Å². The minimum absolute atomic E-state index is 0.465. The van der Waals surface area contributed by atoms with Crippen molar-refractivity contribution in [3.63, 3.8) is 0 Å². The van der Waals surface area contributed by atoms with Crippen molar-refractivity contribution in [3.05, 3.63) is 21.9 Å². The fourth-order valence-electron chi connectivity index (χ4n) is 2.04. The number of rotatable bonds is 3. The zero-order valence-electron chi connectivity index (χ0n) is 9.45. The standard InChI is InChI=1S/C12H17IN2O/c1-9(10-4-7-16-8-5-10)15-12-11(13)3-2-6-14-12/h2-3,6,9-10H,4-5,7-8H2,1H3,(H,14,15). The van der Waals surface area contributed by atoms with Gasteiger partial charge < -0.3 is 10.1 Å². The smallest absolute Gasteiger partial charge is 0.139 e. The second-order valence-electron chi connectivity index (χ2n) is 4.22. The maximum absolute atomic E-state index is 5.38. The van der Waals surface area contributed by atoms with E-state index in [0.29, 0.717) is 12.0 Å². The summed E-state index contributed by atoms with van der Waals surface area (Å²) in [6, 6.07) is 4.51. The predicted molar refractivity (Wildman–Crippen MR) is 73.6 cm³/mol. The molecule has 16 heavy (non-hydrogen) atoms. The average Bonchev–Trinajstić information content (AvgIpc) is 2.33. The van der Waals surface area contributed by atoms with Crippen LogP contribution in [0.25, 0.3) is 0 Å². The second-order valence-corrected chi connectivity index (χ2v) is 5.38. The van der Waals surface area contributed by atoms with Crippen LogP contribution in [0.1, 0.15) is 19.8 Å². The molecule has 1 atom stereocenters. The molecule has 0 aliphatic carbocycles. The molecule has 88 valence electrons. The van der Waals surface area contributed by atoms with Gasteiger partial charge in [0.1, 0.15) is 5.82 Å². The SMILES string of the molecule is CC(Nc1ncccc1I)C1CCOCC1. The van der Waals surface area contributed by atoms with Crippen LogP contribution in [-0.4, -0.2) is 24.2 Å². The Hall–Kier alpha value is -0.360. The minimum Gasteiger partial charge on any atom is -0.381 e. The van der Waals surface area contributed by atoms with Gasteiger partial charge in [0.25, 0.3) is 0 Å². The quantitative estimate of drug-likeness (QED) is 0.865. The van der Waals surface area contributed by atoms with Crippen molar-refractivity contribution in [2.24, 2.45) is 5.92 Å². The normalized spacial score (nSPS) is 19.4. The molecule has 0 bridgehead atoms. The third kappa shape index (κ3) is 3.07. The molecule has 1 N–H and O–H groups in total. The summed E-state index contributed by atoms with van der Waals surface area (Å²) >= 11 is 2.31. The lowest BCUT2D eigenvalue weighted by Crippen LogP contribution is -2.31. The molecule has 0 saturated carbocycles. The van der Waals surface area contributed by atoms with Gasteiger partial charge in [0.15, 0.2) is 0 Å². The Kier molecular flexibility index (Phi) is 4.40. The van der Waals surface area contributed by atoms with Gasteiger partial charge in [-0.15, -0.1) is 0 Å². The summed E-state index contributed by atoms with van der Waals surface area (Å²) in [5.74, 6) is 1.70. The molecule has 1 fully saturated rings. The van der Waals surface area contributed by atoms with E-state index in [1.807, 2.05) is 12.3 Å². The van der Waals surface area contributed by atoms with E-state index in [0.717, 1.165) is 31.9 Å². The van der Waals surface area contributed by atoms with Crippen LogP contribution in [0.5, 0.6) is 0 Å². The molecule has 1 aromatic rings. The van der Waals surface area contributed by atoms with E-state index in [1.54, 1.807) is 0 Å². The second kappa shape index (κ2) is 5.82. The van der Waals surface area contributed by atoms with Gasteiger partial charge >= 0.3 is 0 Å². The number of hydrogen-bond donors (Lipinski definition) is 1. The number of nitrogens with zero attached hydrogens (tertiary/aromatic N) is 1. The number of pyridine rings is 1. The topological polar surface area (TPSA) is 34.2 Å². The summed E-state index contributed by atoms with van der Waals surface area (Å²) in [4.78, 5) is 4.36. The molecule has 0 spiro atoms. The van der Waals surface area contributed by atoms with E-state index >= 15 is 0 Å². The Morgan fingerprint density at radius 1 is 1.50 bits per heavy atom. The highest BCUT2D eigenvalue weighted by Crippen LogP contribution is 2.22. The Bertz CT molecular complexity index is 340. The van der Waals surface area contributed by atoms with E-state index in [2.05, 4.69) is 45.9 Å². The summed E-state index contributed by atoms with van der Waals surface area (Å²) in [6.07, 6.45) is 4.14. The Morgan fingerprint density at radius 2 is 2.25 bits per heavy atom. The fourth-order valence-corrected chi connectivity index (χ4v) is 2.54. The summed E-state index contributed by atoms with van der Waals surface area (Å²) in [5.41, 5.74) is 0. The van der Waals surface area contributed by atoms with E-state index in [-0.39, 0.29) is 0 Å². The molecular formula is C12H17IN2O. The largest absolute Gasteiger partial charge is 0.381 e. The third-order valence-corrected chi connectivity index (χ3v) is 3.97. The van der Waals surface area contributed by atoms with Crippen molar-refractivity contribution in [2.75, 3.05) is 18.5 Å². The van der Waals surface area contributed by atoms with Gasteiger partial charge in [-0.3, -0.25) is 0 Å². The van der Waals surface area contributed by atoms with E-state index in [1.165, 1.54) is 3.57 Å². The molecule has 3 nitrogen and oxygen atoms in total. The average molecular weight is 332 g/mol. The fraction of sp³-hybridized carbons (Fsp3) is 0.583. The van der Waals surface area contributed by atoms with Crippen LogP contribution >= 0.6 is 22.6 Å². The Labute approximate surface area is 110 Å². The van der Waals surface area contributed by atoms with Gasteiger partial charge in [-0.05, 0) is 60.4 Å². The number of anilines is 1. The molecular weight excluding hydrogens is 315 g/mol. The summed E-state index contributed by atoms with van der Waals surface area (Å²) in [5, 5.41) is 3.51. The molecule has 0 radical (unpaired) electrons. The maximum Gasteiger partial charge on any atom is 0.139 e. The van der Waals surface area contributed by atoms with E-state index in [9.17, 15) is 0 Å². The van der Waals surface area contributed by atoms with Crippen LogP contribution in [0.15, 0.2) is 18.3 Å². The highest BCUT2D eigenvalue weighted by atomic mass is 127. The first kappa shape index (κ1) is 12.1. The van der Waals surface area contributed by atoms with E-state index in [4.69, 9.17) is 4.74 Å². The summed E-state index contributed by atoms with van der Waals surface area (Å²) in [7, 11) is 0. The van der Waals surface area contributed by atoms with Crippen LogP contribution < -0.4 is 5.32 Å². The molecule has 1 aliphatic heterocycles. The van der Waals surface area contributed by atoms with E-state index < -0.39 is 0 Å². The zero-order valence-corrected chi connectivity index (χ0v) is 11.6. The van der Waals surface area contributed by atoms with Crippen LogP contribution in [0, 0.1) is 9.49 Å². The summed E-state index contributed by atoms with van der Waals surface area (Å²) < 4.78 is 6.56. The first-order valence-electron chi connectivity index (χ1n) is 5.72. The minimum atomic E-state index is 0.465. The monoisotopic (exact) mass is 332 g/mol. The molecule has 0 aromatic carbocycles. The highest BCUT2D eigenvalue weighted by Gasteiger charge is 2.20. The molecule has 1 unspecified atom stereocenters. The number of aromatic nitrogens is 1. The zero-order chi connectivity index (χ0) is 11.4. The Morgan fingerprint density at radius 3 is 2.94 bits per heavy atom. The van der Waals surface area contributed by atoms with Crippen molar-refractivity contribution in [3.8, 4) is 0 Å². The van der Waals surface area contributed by atoms with Crippen molar-refractivity contribution in [1.29, 1.82) is 0 Å². The lowest BCUT2D eigenvalue weighted by Gasteiger charge is -2.28. The van der Waals surface area contributed by atoms with Gasteiger partial charge in [-0.1, -0.05) is 0 Å². The first-order chi connectivity index (χ1) is 7.77. The number of halogens is 1. The van der Waals surface area contributed by atoms with Crippen LogP contribution in [0.2, 0.25) is 0 Å². The Balaban J connectivity index is 1.96. The van der Waals surface area contributed by atoms with Gasteiger partial charge in [0.05, 0.1) is 3.57 Å². The lowest BCUT2D eigenvalue weighted by atomic mass is 9.93. The number of hydrogen-bond acceptors (Lipinski definition) is 3. The lowest BCUT2D eigenvalue weighted by molar-refractivity contribution is 0.0622. The number of ether oxygens (including phenoxy) is 1. The predicted octanol–water partition coefficient (Wildman–Crippen LogP) is 2.91. The van der Waals surface area contributed by atoms with Crippen molar-refractivity contribution in [2.45, 2.75) is 25.8 Å². The molecule has 0 amide bonds. The molecule has 2 rings (SSSR count). The van der Waals surface area contributed by atoms with Crippen LogP contribution in [0.4, 0.5) is 5.82 Å². The third-order valence-electron chi connectivity index (χ3n) is 3.10. The molecule has 1 saturated heterocycles. The molecule has 1 aromatic heterocycles. The van der Waals surface area contributed by atoms with Crippen LogP contribution in [0.3, 0.4) is 0 Å². The van der Waals surface area contributed by atoms with Crippen molar-refractivity contribution in [1.82, 2.24) is 4.98 Å². The van der Waals surface area contributed by atoms with Crippen LogP contribution in [-0.2, 0) is 4.74 Å². The van der Waals surface area contributed by atoms with Crippen molar-refractivity contribution >= 4 is 28.4 Å².